The van der Waals surface area contributed by atoms with E-state index in [0.717, 1.165) is 19.5 Å². The second-order valence-electron chi connectivity index (χ2n) is 4.35. The number of likely N-dealkylation sites (N-methyl/N-ethyl adjacent to an activating group) is 1. The van der Waals surface area contributed by atoms with Gasteiger partial charge in [0.05, 0.1) is 4.47 Å². The molecule has 0 radical (unpaired) electrons. The zero-order valence-corrected chi connectivity index (χ0v) is 11.1. The van der Waals surface area contributed by atoms with Gasteiger partial charge in [0.25, 0.3) is 5.91 Å². The molecule has 0 aromatic heterocycles. The Labute approximate surface area is 108 Å². The average Bonchev–Trinajstić information content (AvgIpc) is 2.68. The maximum absolute atomic E-state index is 13.0. The molecule has 0 spiro atoms. The fourth-order valence-corrected chi connectivity index (χ4v) is 2.34. The Morgan fingerprint density at radius 1 is 1.59 bits per heavy atom. The molecule has 0 bridgehead atoms. The Morgan fingerprint density at radius 2 is 2.35 bits per heavy atom. The second-order valence-corrected chi connectivity index (χ2v) is 5.20. The summed E-state index contributed by atoms with van der Waals surface area (Å²) in [7, 11) is 2.03. The van der Waals surface area contributed by atoms with Gasteiger partial charge in [0.15, 0.2) is 0 Å². The van der Waals surface area contributed by atoms with E-state index in [2.05, 4.69) is 26.1 Å². The first-order valence-electron chi connectivity index (χ1n) is 5.50. The molecule has 0 saturated carbocycles. The van der Waals surface area contributed by atoms with Crippen molar-refractivity contribution in [3.8, 4) is 0 Å². The number of nitrogens with zero attached hydrogens (tertiary/aromatic N) is 1. The van der Waals surface area contributed by atoms with Crippen molar-refractivity contribution in [2.24, 2.45) is 0 Å². The monoisotopic (exact) mass is 300 g/mol. The molecule has 1 aromatic carbocycles. The number of hydrogen-bond donors (Lipinski definition) is 1. The van der Waals surface area contributed by atoms with Gasteiger partial charge in [-0.15, -0.1) is 0 Å². The summed E-state index contributed by atoms with van der Waals surface area (Å²) in [4.78, 5) is 14.1. The molecule has 92 valence electrons. The SMILES string of the molecule is CN1CCC(NC(=O)c2ccc(F)c(Br)c2)C1. The standard InChI is InChI=1S/C12H14BrFN2O/c1-16-5-4-9(7-16)15-12(17)8-2-3-11(14)10(13)6-8/h2-3,6,9H,4-5,7H2,1H3,(H,15,17). The van der Waals surface area contributed by atoms with Crippen LogP contribution in [-0.2, 0) is 0 Å². The number of rotatable bonds is 2. The van der Waals surface area contributed by atoms with E-state index in [1.54, 1.807) is 0 Å². The van der Waals surface area contributed by atoms with Crippen LogP contribution < -0.4 is 5.32 Å². The first-order chi connectivity index (χ1) is 8.06. The van der Waals surface area contributed by atoms with Gasteiger partial charge in [0.1, 0.15) is 5.82 Å². The third-order valence-corrected chi connectivity index (χ3v) is 3.52. The smallest absolute Gasteiger partial charge is 0.251 e. The van der Waals surface area contributed by atoms with Gasteiger partial charge in [-0.25, -0.2) is 4.39 Å². The zero-order valence-electron chi connectivity index (χ0n) is 9.54. The second kappa shape index (κ2) is 5.14. The Bertz CT molecular complexity index is 439. The molecule has 2 rings (SSSR count). The lowest BCUT2D eigenvalue weighted by Gasteiger charge is -2.13. The van der Waals surface area contributed by atoms with Crippen LogP contribution in [-0.4, -0.2) is 37.0 Å². The van der Waals surface area contributed by atoms with Crippen molar-refractivity contribution in [2.75, 3.05) is 20.1 Å². The molecule has 3 nitrogen and oxygen atoms in total. The van der Waals surface area contributed by atoms with Gasteiger partial charge in [0, 0.05) is 18.2 Å². The minimum absolute atomic E-state index is 0.147. The van der Waals surface area contributed by atoms with Crippen LogP contribution in [0, 0.1) is 5.82 Å². The van der Waals surface area contributed by atoms with Crippen molar-refractivity contribution in [3.63, 3.8) is 0 Å². The van der Waals surface area contributed by atoms with Gasteiger partial charge in [-0.3, -0.25) is 4.79 Å². The number of carbonyl (C=O) groups is 1. The molecule has 1 saturated heterocycles. The maximum atomic E-state index is 13.0. The first kappa shape index (κ1) is 12.5. The molecule has 1 aliphatic heterocycles. The largest absolute Gasteiger partial charge is 0.348 e. The molecule has 5 heteroatoms. The van der Waals surface area contributed by atoms with Crippen molar-refractivity contribution in [2.45, 2.75) is 12.5 Å². The normalized spacial score (nSPS) is 20.5. The highest BCUT2D eigenvalue weighted by atomic mass is 79.9. The minimum atomic E-state index is -0.359. The Hall–Kier alpha value is -0.940. The zero-order chi connectivity index (χ0) is 12.4. The molecular weight excluding hydrogens is 287 g/mol. The van der Waals surface area contributed by atoms with Gasteiger partial charge in [-0.1, -0.05) is 0 Å². The van der Waals surface area contributed by atoms with Gasteiger partial charge in [-0.05, 0) is 54.1 Å². The molecule has 1 unspecified atom stereocenters. The molecule has 1 heterocycles. The molecule has 17 heavy (non-hydrogen) atoms. The predicted molar refractivity (Wildman–Crippen MR) is 67.5 cm³/mol. The number of carbonyl (C=O) groups excluding carboxylic acids is 1. The van der Waals surface area contributed by atoms with Gasteiger partial charge >= 0.3 is 0 Å². The number of nitrogens with one attached hydrogen (secondary N) is 1. The lowest BCUT2D eigenvalue weighted by atomic mass is 10.2. The predicted octanol–water partition coefficient (Wildman–Crippen LogP) is 2.02. The van der Waals surface area contributed by atoms with Crippen LogP contribution in [0.25, 0.3) is 0 Å². The molecule has 1 atom stereocenters. The molecule has 1 fully saturated rings. The van der Waals surface area contributed by atoms with Crippen molar-refractivity contribution < 1.29 is 9.18 Å². The fourth-order valence-electron chi connectivity index (χ4n) is 1.96. The topological polar surface area (TPSA) is 32.3 Å². The number of benzene rings is 1. The third kappa shape index (κ3) is 3.04. The summed E-state index contributed by atoms with van der Waals surface area (Å²) in [6.07, 6.45) is 0.963. The fraction of sp³-hybridized carbons (Fsp3) is 0.417. The van der Waals surface area contributed by atoms with Crippen LogP contribution in [0.5, 0.6) is 0 Å². The van der Waals surface area contributed by atoms with E-state index in [0.29, 0.717) is 10.0 Å². The van der Waals surface area contributed by atoms with Crippen LogP contribution in [0.15, 0.2) is 22.7 Å². The molecule has 1 N–H and O–H groups in total. The maximum Gasteiger partial charge on any atom is 0.251 e. The van der Waals surface area contributed by atoms with E-state index in [-0.39, 0.29) is 17.8 Å². The van der Waals surface area contributed by atoms with E-state index in [9.17, 15) is 9.18 Å². The van der Waals surface area contributed by atoms with Crippen molar-refractivity contribution >= 4 is 21.8 Å². The van der Waals surface area contributed by atoms with E-state index in [1.165, 1.54) is 18.2 Å². The number of halogens is 2. The van der Waals surface area contributed by atoms with Crippen molar-refractivity contribution in [1.29, 1.82) is 0 Å². The third-order valence-electron chi connectivity index (χ3n) is 2.91. The van der Waals surface area contributed by atoms with E-state index >= 15 is 0 Å². The first-order valence-corrected chi connectivity index (χ1v) is 6.30. The average molecular weight is 301 g/mol. The summed E-state index contributed by atoms with van der Waals surface area (Å²) < 4.78 is 13.3. The highest BCUT2D eigenvalue weighted by molar-refractivity contribution is 9.10. The lowest BCUT2D eigenvalue weighted by Crippen LogP contribution is -2.36. The van der Waals surface area contributed by atoms with Crippen LogP contribution in [0.4, 0.5) is 4.39 Å². The summed E-state index contributed by atoms with van der Waals surface area (Å²) >= 11 is 3.07. The molecule has 0 aliphatic carbocycles. The Balaban J connectivity index is 2.02. The number of hydrogen-bond acceptors (Lipinski definition) is 2. The summed E-state index contributed by atoms with van der Waals surface area (Å²) in [5.41, 5.74) is 0.479. The highest BCUT2D eigenvalue weighted by Gasteiger charge is 2.21. The van der Waals surface area contributed by atoms with Crippen LogP contribution in [0.3, 0.4) is 0 Å². The molecule has 1 aliphatic rings. The van der Waals surface area contributed by atoms with E-state index in [4.69, 9.17) is 0 Å². The Kier molecular flexibility index (Phi) is 3.79. The Morgan fingerprint density at radius 3 is 2.94 bits per heavy atom. The molecule has 1 aromatic rings. The minimum Gasteiger partial charge on any atom is -0.348 e. The van der Waals surface area contributed by atoms with Crippen LogP contribution in [0.1, 0.15) is 16.8 Å². The number of amides is 1. The summed E-state index contributed by atoms with van der Waals surface area (Å²) in [6.45, 7) is 1.87. The quantitative estimate of drug-likeness (QED) is 0.906. The molecule has 1 amide bonds. The van der Waals surface area contributed by atoms with Crippen LogP contribution >= 0.6 is 15.9 Å². The van der Waals surface area contributed by atoms with Crippen molar-refractivity contribution in [3.05, 3.63) is 34.1 Å². The summed E-state index contributed by atoms with van der Waals surface area (Å²) in [5.74, 6) is -0.506. The summed E-state index contributed by atoms with van der Waals surface area (Å²) in [6, 6.07) is 4.48. The van der Waals surface area contributed by atoms with Gasteiger partial charge in [0.2, 0.25) is 0 Å². The lowest BCUT2D eigenvalue weighted by molar-refractivity contribution is 0.0938. The highest BCUT2D eigenvalue weighted by Crippen LogP contribution is 2.17. The van der Waals surface area contributed by atoms with E-state index in [1.807, 2.05) is 7.05 Å². The van der Waals surface area contributed by atoms with Crippen LogP contribution in [0.2, 0.25) is 0 Å². The number of likely N-dealkylation sites (tertiary alicyclic amines) is 1. The van der Waals surface area contributed by atoms with Crippen molar-refractivity contribution in [1.82, 2.24) is 10.2 Å². The van der Waals surface area contributed by atoms with E-state index < -0.39 is 0 Å². The van der Waals surface area contributed by atoms with Gasteiger partial charge < -0.3 is 10.2 Å². The molecular formula is C12H14BrFN2O. The van der Waals surface area contributed by atoms with Gasteiger partial charge in [-0.2, -0.15) is 0 Å². The summed E-state index contributed by atoms with van der Waals surface area (Å²) in [5, 5.41) is 2.95.